The highest BCUT2D eigenvalue weighted by atomic mass is 16.3. The molecule has 0 radical (unpaired) electrons. The average molecular weight is 331 g/mol. The van der Waals surface area contributed by atoms with Gasteiger partial charge in [-0.25, -0.2) is 0 Å². The third kappa shape index (κ3) is 4.61. The van der Waals surface area contributed by atoms with Gasteiger partial charge in [-0.05, 0) is 24.0 Å². The highest BCUT2D eigenvalue weighted by molar-refractivity contribution is 5.80. The van der Waals surface area contributed by atoms with Gasteiger partial charge < -0.3 is 10.4 Å². The molecule has 24 heavy (non-hydrogen) atoms. The number of nitrogens with zero attached hydrogens (tertiary/aromatic N) is 4. The lowest BCUT2D eigenvalue weighted by molar-refractivity contribution is -0.126. The number of hydrogen-bond acceptors (Lipinski definition) is 5. The van der Waals surface area contributed by atoms with Crippen molar-refractivity contribution < 1.29 is 9.90 Å². The molecule has 2 N–H and O–H groups in total. The van der Waals surface area contributed by atoms with Crippen LogP contribution < -0.4 is 5.32 Å². The van der Waals surface area contributed by atoms with Crippen LogP contribution in [0.2, 0.25) is 0 Å². The van der Waals surface area contributed by atoms with Gasteiger partial charge in [-0.1, -0.05) is 51.1 Å². The summed E-state index contributed by atoms with van der Waals surface area (Å²) in [7, 11) is 0. The quantitative estimate of drug-likeness (QED) is 0.769. The van der Waals surface area contributed by atoms with Crippen molar-refractivity contribution in [2.24, 2.45) is 5.92 Å². The Morgan fingerprint density at radius 1 is 1.29 bits per heavy atom. The molecule has 0 bridgehead atoms. The molecule has 2 rings (SSSR count). The van der Waals surface area contributed by atoms with Crippen molar-refractivity contribution in [1.82, 2.24) is 25.5 Å². The van der Waals surface area contributed by atoms with E-state index in [4.69, 9.17) is 0 Å². The van der Waals surface area contributed by atoms with Gasteiger partial charge in [0.2, 0.25) is 11.7 Å². The lowest BCUT2D eigenvalue weighted by Gasteiger charge is -2.19. The Balaban J connectivity index is 2.08. The summed E-state index contributed by atoms with van der Waals surface area (Å²) >= 11 is 0. The van der Waals surface area contributed by atoms with Crippen LogP contribution in [0.5, 0.6) is 0 Å². The van der Waals surface area contributed by atoms with E-state index in [1.54, 1.807) is 0 Å². The Morgan fingerprint density at radius 2 is 2.00 bits per heavy atom. The van der Waals surface area contributed by atoms with Gasteiger partial charge in [-0.2, -0.15) is 4.80 Å². The summed E-state index contributed by atoms with van der Waals surface area (Å²) in [5, 5.41) is 24.9. The molecule has 1 amide bonds. The Morgan fingerprint density at radius 3 is 2.62 bits per heavy atom. The molecule has 7 nitrogen and oxygen atoms in total. The van der Waals surface area contributed by atoms with Gasteiger partial charge in [0.05, 0.1) is 6.10 Å². The summed E-state index contributed by atoms with van der Waals surface area (Å²) in [6, 6.07) is 9.00. The van der Waals surface area contributed by atoms with Gasteiger partial charge in [0.25, 0.3) is 0 Å². The average Bonchev–Trinajstić information content (AvgIpc) is 3.04. The summed E-state index contributed by atoms with van der Waals surface area (Å²) in [6.07, 6.45) is 0.818. The minimum absolute atomic E-state index is 0.0129. The fourth-order valence-corrected chi connectivity index (χ4v) is 2.39. The second-order valence-corrected chi connectivity index (χ2v) is 6.13. The van der Waals surface area contributed by atoms with Crippen molar-refractivity contribution in [2.75, 3.05) is 6.54 Å². The number of tetrazole rings is 1. The third-order valence-electron chi connectivity index (χ3n) is 3.86. The van der Waals surface area contributed by atoms with E-state index in [9.17, 15) is 9.90 Å². The van der Waals surface area contributed by atoms with E-state index in [1.807, 2.05) is 51.1 Å². The second kappa shape index (κ2) is 8.54. The van der Waals surface area contributed by atoms with Gasteiger partial charge in [0.15, 0.2) is 6.04 Å². The summed E-state index contributed by atoms with van der Waals surface area (Å²) in [5.74, 6) is 0.347. The van der Waals surface area contributed by atoms with Crippen molar-refractivity contribution in [3.63, 3.8) is 0 Å². The molecule has 0 saturated heterocycles. The van der Waals surface area contributed by atoms with E-state index in [1.165, 1.54) is 4.80 Å². The van der Waals surface area contributed by atoms with Crippen molar-refractivity contribution in [3.05, 3.63) is 30.3 Å². The summed E-state index contributed by atoms with van der Waals surface area (Å²) in [5.41, 5.74) is 0.859. The third-order valence-corrected chi connectivity index (χ3v) is 3.86. The topological polar surface area (TPSA) is 92.9 Å². The highest BCUT2D eigenvalue weighted by Gasteiger charge is 2.27. The minimum Gasteiger partial charge on any atom is -0.393 e. The Hall–Kier alpha value is -2.28. The molecule has 0 aliphatic carbocycles. The second-order valence-electron chi connectivity index (χ2n) is 6.13. The number of rotatable bonds is 8. The first kappa shape index (κ1) is 18.1. The lowest BCUT2D eigenvalue weighted by Crippen LogP contribution is -2.37. The number of aliphatic hydroxyl groups excluding tert-OH is 1. The monoisotopic (exact) mass is 331 g/mol. The van der Waals surface area contributed by atoms with Crippen molar-refractivity contribution >= 4 is 5.91 Å². The first-order chi connectivity index (χ1) is 11.5. The Labute approximate surface area is 142 Å². The Kier molecular flexibility index (Phi) is 6.43. The molecule has 1 aromatic carbocycles. The maximum Gasteiger partial charge on any atom is 0.247 e. The van der Waals surface area contributed by atoms with Crippen LogP contribution in [0.4, 0.5) is 0 Å². The standard InChI is InChI=1S/C17H25N5O2/c1-4-14(23)10-11-18-17(24)15(12(2)3)22-20-16(19-21-22)13-8-6-5-7-9-13/h5-9,12,14-15,23H,4,10-11H2,1-3H3,(H,18,24). The zero-order valence-corrected chi connectivity index (χ0v) is 14.4. The van der Waals surface area contributed by atoms with E-state index in [0.29, 0.717) is 25.2 Å². The predicted octanol–water partition coefficient (Wildman–Crippen LogP) is 1.81. The van der Waals surface area contributed by atoms with Gasteiger partial charge in [0, 0.05) is 12.1 Å². The first-order valence-electron chi connectivity index (χ1n) is 8.33. The minimum atomic E-state index is -0.534. The number of carbonyl (C=O) groups excluding carboxylic acids is 1. The fraction of sp³-hybridized carbons (Fsp3) is 0.529. The lowest BCUT2D eigenvalue weighted by atomic mass is 10.0. The summed E-state index contributed by atoms with van der Waals surface area (Å²) in [6.45, 7) is 6.22. The normalized spacial score (nSPS) is 13.7. The van der Waals surface area contributed by atoms with Gasteiger partial charge in [-0.15, -0.1) is 10.2 Å². The molecule has 2 atom stereocenters. The van der Waals surface area contributed by atoms with Gasteiger partial charge in [0.1, 0.15) is 0 Å². The smallest absolute Gasteiger partial charge is 0.247 e. The molecule has 0 spiro atoms. The van der Waals surface area contributed by atoms with Crippen molar-refractivity contribution in [2.45, 2.75) is 45.8 Å². The van der Waals surface area contributed by atoms with Crippen molar-refractivity contribution in [1.29, 1.82) is 0 Å². The van der Waals surface area contributed by atoms with Gasteiger partial charge in [-0.3, -0.25) is 4.79 Å². The van der Waals surface area contributed by atoms with Crippen LogP contribution >= 0.6 is 0 Å². The Bertz CT molecular complexity index is 641. The zero-order chi connectivity index (χ0) is 17.5. The molecular weight excluding hydrogens is 306 g/mol. The predicted molar refractivity (Wildman–Crippen MR) is 91.1 cm³/mol. The van der Waals surface area contributed by atoms with Crippen LogP contribution in [0.15, 0.2) is 30.3 Å². The van der Waals surface area contributed by atoms with E-state index in [-0.39, 0.29) is 11.8 Å². The fourth-order valence-electron chi connectivity index (χ4n) is 2.39. The number of nitrogens with one attached hydrogen (secondary N) is 1. The molecule has 0 fully saturated rings. The van der Waals surface area contributed by atoms with E-state index >= 15 is 0 Å². The van der Waals surface area contributed by atoms with E-state index in [0.717, 1.165) is 5.56 Å². The molecule has 0 saturated carbocycles. The van der Waals surface area contributed by atoms with Crippen LogP contribution in [0.1, 0.15) is 39.7 Å². The largest absolute Gasteiger partial charge is 0.393 e. The van der Waals surface area contributed by atoms with E-state index in [2.05, 4.69) is 20.7 Å². The summed E-state index contributed by atoms with van der Waals surface area (Å²) in [4.78, 5) is 13.9. The number of amides is 1. The highest BCUT2D eigenvalue weighted by Crippen LogP contribution is 2.18. The SMILES string of the molecule is CCC(O)CCNC(=O)C(C(C)C)n1nnc(-c2ccccc2)n1. The maximum atomic E-state index is 12.5. The molecule has 0 aliphatic rings. The van der Waals surface area contributed by atoms with E-state index < -0.39 is 12.1 Å². The molecular formula is C17H25N5O2. The molecule has 130 valence electrons. The first-order valence-corrected chi connectivity index (χ1v) is 8.33. The number of benzene rings is 1. The molecule has 2 aromatic rings. The number of aliphatic hydroxyl groups is 1. The molecule has 7 heteroatoms. The van der Waals surface area contributed by atoms with Crippen molar-refractivity contribution in [3.8, 4) is 11.4 Å². The van der Waals surface area contributed by atoms with Gasteiger partial charge >= 0.3 is 0 Å². The summed E-state index contributed by atoms with van der Waals surface area (Å²) < 4.78 is 0. The van der Waals surface area contributed by atoms with Crippen LogP contribution in [0.25, 0.3) is 11.4 Å². The van der Waals surface area contributed by atoms with Crippen LogP contribution in [-0.4, -0.2) is 43.9 Å². The zero-order valence-electron chi connectivity index (χ0n) is 14.4. The number of aromatic nitrogens is 4. The number of carbonyl (C=O) groups is 1. The molecule has 2 unspecified atom stereocenters. The van der Waals surface area contributed by atoms with Crippen LogP contribution in [-0.2, 0) is 4.79 Å². The molecule has 1 heterocycles. The number of hydrogen-bond donors (Lipinski definition) is 2. The van der Waals surface area contributed by atoms with Crippen LogP contribution in [0.3, 0.4) is 0 Å². The molecule has 0 aliphatic heterocycles. The van der Waals surface area contributed by atoms with Crippen LogP contribution in [0, 0.1) is 5.92 Å². The molecule has 1 aromatic heterocycles. The maximum absolute atomic E-state index is 12.5.